The fourth-order valence-electron chi connectivity index (χ4n) is 9.06. The molecule has 0 saturated heterocycles. The summed E-state index contributed by atoms with van der Waals surface area (Å²) in [5.74, 6) is 5.38. The fourth-order valence-corrected chi connectivity index (χ4v) is 9.40. The van der Waals surface area contributed by atoms with E-state index in [1.165, 1.54) is 64.2 Å². The van der Waals surface area contributed by atoms with Crippen LogP contribution in [0.5, 0.6) is 0 Å². The van der Waals surface area contributed by atoms with Crippen LogP contribution in [-0.4, -0.2) is 21.5 Å². The number of rotatable bonds is 6. The van der Waals surface area contributed by atoms with Crippen molar-refractivity contribution in [2.75, 3.05) is 5.75 Å². The zero-order valence-corrected chi connectivity index (χ0v) is 19.4. The van der Waals surface area contributed by atoms with Crippen molar-refractivity contribution in [3.63, 3.8) is 0 Å². The summed E-state index contributed by atoms with van der Waals surface area (Å²) in [5.41, 5.74) is 0.959. The van der Waals surface area contributed by atoms with Crippen molar-refractivity contribution in [2.45, 2.75) is 104 Å². The van der Waals surface area contributed by atoms with E-state index in [0.717, 1.165) is 60.2 Å². The molecule has 0 radical (unpaired) electrons. The molecule has 2 nitrogen and oxygen atoms in total. The predicted molar refractivity (Wildman–Crippen MR) is 119 cm³/mol. The number of hydrogen-bond acceptors (Lipinski definition) is 3. The van der Waals surface area contributed by atoms with Gasteiger partial charge in [0.2, 0.25) is 0 Å². The Morgan fingerprint density at radius 2 is 1.75 bits per heavy atom. The maximum atomic E-state index is 11.3. The molecule has 4 rings (SSSR count). The second-order valence-corrected chi connectivity index (χ2v) is 12.2. The molecule has 9 atom stereocenters. The summed E-state index contributed by atoms with van der Waals surface area (Å²) in [4.78, 5) is 0. The minimum atomic E-state index is -0.0403. The van der Waals surface area contributed by atoms with Crippen LogP contribution in [0.15, 0.2) is 0 Å². The van der Waals surface area contributed by atoms with E-state index in [1.54, 1.807) is 0 Å². The van der Waals surface area contributed by atoms with Crippen LogP contribution in [-0.2, 0) is 0 Å². The van der Waals surface area contributed by atoms with Crippen molar-refractivity contribution in [2.24, 2.45) is 46.3 Å². The van der Waals surface area contributed by atoms with Crippen LogP contribution in [0.2, 0.25) is 0 Å². The first kappa shape index (κ1) is 21.5. The van der Waals surface area contributed by atoms with Crippen LogP contribution >= 0.6 is 12.0 Å². The van der Waals surface area contributed by atoms with Gasteiger partial charge in [-0.25, -0.2) is 0 Å². The van der Waals surface area contributed by atoms with Crippen molar-refractivity contribution in [3.8, 4) is 0 Å². The minimum absolute atomic E-state index is 0.0403. The van der Waals surface area contributed by atoms with Gasteiger partial charge in [0, 0.05) is 5.75 Å². The molecule has 0 heterocycles. The van der Waals surface area contributed by atoms with Crippen LogP contribution in [0.25, 0.3) is 0 Å². The van der Waals surface area contributed by atoms with Gasteiger partial charge in [0.1, 0.15) is 0 Å². The van der Waals surface area contributed by atoms with Crippen molar-refractivity contribution >= 4 is 12.0 Å². The molecule has 3 heteroatoms. The maximum Gasteiger partial charge on any atom is 0.0577 e. The summed E-state index contributed by atoms with van der Waals surface area (Å²) in [6.45, 7) is 7.71. The highest BCUT2D eigenvalue weighted by Crippen LogP contribution is 2.68. The Morgan fingerprint density at radius 3 is 2.54 bits per heavy atom. The topological polar surface area (TPSA) is 40.5 Å². The van der Waals surface area contributed by atoms with Gasteiger partial charge in [-0.15, -0.1) is 0 Å². The molecule has 0 spiro atoms. The Kier molecular flexibility index (Phi) is 6.47. The summed E-state index contributed by atoms with van der Waals surface area (Å²) < 4.78 is 8.97. The van der Waals surface area contributed by atoms with Crippen molar-refractivity contribution in [1.29, 1.82) is 0 Å². The molecule has 0 aliphatic heterocycles. The smallest absolute Gasteiger partial charge is 0.0577 e. The van der Waals surface area contributed by atoms with Gasteiger partial charge in [0.25, 0.3) is 0 Å². The van der Waals surface area contributed by atoms with E-state index in [9.17, 15) is 5.11 Å². The lowest BCUT2D eigenvalue weighted by atomic mass is 9.44. The second-order valence-electron chi connectivity index (χ2n) is 11.6. The monoisotopic (exact) mass is 408 g/mol. The van der Waals surface area contributed by atoms with E-state index >= 15 is 0 Å². The van der Waals surface area contributed by atoms with Crippen LogP contribution in [0.4, 0.5) is 0 Å². The van der Waals surface area contributed by atoms with Gasteiger partial charge in [-0.1, -0.05) is 46.5 Å². The third-order valence-corrected chi connectivity index (χ3v) is 11.0. The van der Waals surface area contributed by atoms with Gasteiger partial charge < -0.3 is 9.66 Å². The largest absolute Gasteiger partial charge is 0.393 e. The van der Waals surface area contributed by atoms with Crippen LogP contribution < -0.4 is 0 Å². The summed E-state index contributed by atoms with van der Waals surface area (Å²) in [6, 6.07) is 0. The summed E-state index contributed by atoms with van der Waals surface area (Å²) in [6.07, 6.45) is 15.8. The van der Waals surface area contributed by atoms with Crippen molar-refractivity contribution in [1.82, 2.24) is 0 Å². The fraction of sp³-hybridized carbons (Fsp3) is 1.00. The first-order valence-corrected chi connectivity index (χ1v) is 13.3. The molecule has 28 heavy (non-hydrogen) atoms. The molecular weight excluding hydrogens is 364 g/mol. The maximum absolute atomic E-state index is 11.3. The zero-order valence-electron chi connectivity index (χ0n) is 18.5. The first-order valence-electron chi connectivity index (χ1n) is 12.4. The van der Waals surface area contributed by atoms with Crippen LogP contribution in [0.3, 0.4) is 0 Å². The average molecular weight is 409 g/mol. The van der Waals surface area contributed by atoms with E-state index in [-0.39, 0.29) is 6.10 Å². The molecule has 0 aromatic rings. The zero-order chi connectivity index (χ0) is 19.9. The van der Waals surface area contributed by atoms with Gasteiger partial charge >= 0.3 is 0 Å². The molecule has 0 bridgehead atoms. The Morgan fingerprint density at radius 1 is 0.964 bits per heavy atom. The van der Waals surface area contributed by atoms with E-state index < -0.39 is 0 Å². The lowest BCUT2D eigenvalue weighted by Gasteiger charge is -2.62. The molecule has 4 aliphatic rings. The summed E-state index contributed by atoms with van der Waals surface area (Å²) >= 11 is 0.996. The number of aliphatic hydroxyl groups is 1. The number of unbranched alkanes of at least 4 members (excludes halogenated alkanes) is 1. The van der Waals surface area contributed by atoms with Crippen molar-refractivity contribution < 1.29 is 9.66 Å². The normalized spacial score (nSPS) is 49.2. The predicted octanol–water partition coefficient (Wildman–Crippen LogP) is 7.02. The molecule has 4 saturated carbocycles. The Balaban J connectivity index is 1.49. The van der Waals surface area contributed by atoms with Crippen molar-refractivity contribution in [3.05, 3.63) is 0 Å². The van der Waals surface area contributed by atoms with Gasteiger partial charge in [0.15, 0.2) is 0 Å². The van der Waals surface area contributed by atoms with E-state index in [1.807, 2.05) is 0 Å². The molecular formula is C25H44O2S. The molecule has 0 aromatic carbocycles. The highest BCUT2D eigenvalue weighted by Gasteiger charge is 2.62. The third kappa shape index (κ3) is 3.50. The average Bonchev–Trinajstić information content (AvgIpc) is 3.03. The molecule has 162 valence electrons. The first-order chi connectivity index (χ1) is 13.4. The second kappa shape index (κ2) is 8.42. The Labute approximate surface area is 177 Å². The SMILES string of the molecule is C[C@@H](CCCCSO)C1CCC2C3C(O)CC4CCCCC4(C)C3CCC21C. The van der Waals surface area contributed by atoms with E-state index in [2.05, 4.69) is 20.8 Å². The molecule has 4 fully saturated rings. The molecule has 2 N–H and O–H groups in total. The van der Waals surface area contributed by atoms with Gasteiger partial charge in [-0.2, -0.15) is 0 Å². The third-order valence-electron chi connectivity index (χ3n) is 10.5. The summed E-state index contributed by atoms with van der Waals surface area (Å²) in [5, 5.41) is 11.3. The molecule has 4 aliphatic carbocycles. The lowest BCUT2D eigenvalue weighted by molar-refractivity contribution is -0.164. The highest BCUT2D eigenvalue weighted by atomic mass is 32.2. The summed E-state index contributed by atoms with van der Waals surface area (Å²) in [7, 11) is 0. The Hall–Kier alpha value is 0.270. The van der Waals surface area contributed by atoms with E-state index in [4.69, 9.17) is 4.55 Å². The molecule has 8 unspecified atom stereocenters. The van der Waals surface area contributed by atoms with Gasteiger partial charge in [0.05, 0.1) is 6.10 Å². The van der Waals surface area contributed by atoms with Gasteiger partial charge in [-0.3, -0.25) is 0 Å². The molecule has 0 amide bonds. The van der Waals surface area contributed by atoms with E-state index in [0.29, 0.717) is 16.7 Å². The van der Waals surface area contributed by atoms with Crippen LogP contribution in [0.1, 0.15) is 97.8 Å². The van der Waals surface area contributed by atoms with Gasteiger partial charge in [-0.05, 0) is 110 Å². The minimum Gasteiger partial charge on any atom is -0.393 e. The molecule has 0 aromatic heterocycles. The number of hydrogen-bond donors (Lipinski definition) is 2. The highest BCUT2D eigenvalue weighted by molar-refractivity contribution is 7.93. The number of fused-ring (bicyclic) bond motifs is 5. The quantitative estimate of drug-likeness (QED) is 0.366. The van der Waals surface area contributed by atoms with Crippen LogP contribution in [0, 0.1) is 46.3 Å². The standard InChI is InChI=1S/C25H44O2S/c1-17(8-5-7-15-28-27)19-10-11-20-23-21(12-14-25(19,20)3)24(2)13-6-4-9-18(24)16-22(23)26/h17-23,26-27H,4-16H2,1-3H3/t17-,18?,19?,20?,21?,22?,23?,24?,25?/m0/s1. The Bertz CT molecular complexity index is 539. The lowest BCUT2D eigenvalue weighted by Crippen LogP contribution is -2.57. The number of aliphatic hydroxyl groups excluding tert-OH is 1.